The summed E-state index contributed by atoms with van der Waals surface area (Å²) in [6.45, 7) is 1.07. The van der Waals surface area contributed by atoms with Crippen molar-refractivity contribution in [3.05, 3.63) is 83.8 Å². The van der Waals surface area contributed by atoms with Crippen LogP contribution in [0.2, 0.25) is 0 Å². The molecular weight excluding hydrogens is 345 g/mol. The Bertz CT molecular complexity index is 869. The van der Waals surface area contributed by atoms with Crippen LogP contribution in [0.1, 0.15) is 21.6 Å². The molecule has 2 aromatic heterocycles. The van der Waals surface area contributed by atoms with Gasteiger partial charge in [-0.1, -0.05) is 12.1 Å². The molecule has 1 aromatic carbocycles. The number of aromatic nitrogens is 3. The van der Waals surface area contributed by atoms with Crippen LogP contribution in [0, 0.1) is 5.82 Å². The van der Waals surface area contributed by atoms with E-state index in [9.17, 15) is 9.18 Å². The third kappa shape index (κ3) is 5.31. The number of carbonyl (C=O) groups excluding carboxylic acids is 1. The number of pyridine rings is 1. The number of anilines is 1. The van der Waals surface area contributed by atoms with Gasteiger partial charge in [0.1, 0.15) is 17.3 Å². The highest BCUT2D eigenvalue weighted by Gasteiger charge is 2.10. The summed E-state index contributed by atoms with van der Waals surface area (Å²) in [6.07, 6.45) is 7.45. The van der Waals surface area contributed by atoms with Crippen molar-refractivity contribution >= 4 is 11.7 Å². The van der Waals surface area contributed by atoms with E-state index in [0.29, 0.717) is 12.4 Å². The van der Waals surface area contributed by atoms with E-state index in [4.69, 9.17) is 0 Å². The molecule has 27 heavy (non-hydrogen) atoms. The molecule has 0 saturated heterocycles. The minimum absolute atomic E-state index is 0.239. The molecule has 0 fully saturated rings. The summed E-state index contributed by atoms with van der Waals surface area (Å²) >= 11 is 0. The number of likely N-dealkylation sites (N-methyl/N-ethyl adjacent to an activating group) is 1. The molecule has 3 rings (SSSR count). The van der Waals surface area contributed by atoms with Crippen LogP contribution >= 0.6 is 0 Å². The van der Waals surface area contributed by atoms with Gasteiger partial charge in [-0.3, -0.25) is 9.78 Å². The van der Waals surface area contributed by atoms with Crippen molar-refractivity contribution in [2.75, 3.05) is 18.5 Å². The SMILES string of the molecule is CN(CCc1ccncc1)c1cnc(C(=O)NCc2ccc(F)cc2)cn1. The highest BCUT2D eigenvalue weighted by atomic mass is 19.1. The number of benzene rings is 1. The van der Waals surface area contributed by atoms with Gasteiger partial charge in [-0.25, -0.2) is 14.4 Å². The van der Waals surface area contributed by atoms with E-state index < -0.39 is 0 Å². The van der Waals surface area contributed by atoms with Crippen LogP contribution in [-0.4, -0.2) is 34.5 Å². The Kier molecular flexibility index (Phi) is 6.04. The van der Waals surface area contributed by atoms with E-state index in [-0.39, 0.29) is 17.4 Å². The lowest BCUT2D eigenvalue weighted by atomic mass is 10.2. The highest BCUT2D eigenvalue weighted by molar-refractivity contribution is 5.91. The summed E-state index contributed by atoms with van der Waals surface area (Å²) < 4.78 is 12.9. The normalized spacial score (nSPS) is 10.4. The van der Waals surface area contributed by atoms with Gasteiger partial charge in [-0.05, 0) is 41.8 Å². The molecule has 138 valence electrons. The number of hydrogen-bond acceptors (Lipinski definition) is 5. The van der Waals surface area contributed by atoms with Gasteiger partial charge < -0.3 is 10.2 Å². The van der Waals surface area contributed by atoms with Crippen LogP contribution < -0.4 is 10.2 Å². The van der Waals surface area contributed by atoms with Crippen LogP contribution in [0.15, 0.2) is 61.2 Å². The Labute approximate surface area is 157 Å². The lowest BCUT2D eigenvalue weighted by Gasteiger charge is -2.17. The molecule has 3 aromatic rings. The summed E-state index contributed by atoms with van der Waals surface area (Å²) in [5.74, 6) is 0.0662. The van der Waals surface area contributed by atoms with E-state index >= 15 is 0 Å². The molecular formula is C20H20FN5O. The van der Waals surface area contributed by atoms with E-state index in [0.717, 1.165) is 18.5 Å². The predicted octanol–water partition coefficient (Wildman–Crippen LogP) is 2.62. The summed E-state index contributed by atoms with van der Waals surface area (Å²) in [5, 5.41) is 2.75. The van der Waals surface area contributed by atoms with Crippen LogP contribution in [0.25, 0.3) is 0 Å². The molecule has 0 aliphatic carbocycles. The fraction of sp³-hybridized carbons (Fsp3) is 0.200. The summed E-state index contributed by atoms with van der Waals surface area (Å²) in [4.78, 5) is 26.7. The predicted molar refractivity (Wildman–Crippen MR) is 101 cm³/mol. The lowest BCUT2D eigenvalue weighted by Crippen LogP contribution is -2.25. The molecule has 0 aliphatic heterocycles. The minimum Gasteiger partial charge on any atom is -0.358 e. The Morgan fingerprint density at radius 2 is 1.78 bits per heavy atom. The van der Waals surface area contributed by atoms with Crippen molar-refractivity contribution in [3.63, 3.8) is 0 Å². The zero-order valence-electron chi connectivity index (χ0n) is 15.0. The fourth-order valence-corrected chi connectivity index (χ4v) is 2.47. The van der Waals surface area contributed by atoms with Gasteiger partial charge in [-0.2, -0.15) is 0 Å². The summed E-state index contributed by atoms with van der Waals surface area (Å²) in [5.41, 5.74) is 2.25. The average molecular weight is 365 g/mol. The largest absolute Gasteiger partial charge is 0.358 e. The van der Waals surface area contributed by atoms with Crippen molar-refractivity contribution in [1.82, 2.24) is 20.3 Å². The van der Waals surface area contributed by atoms with Crippen molar-refractivity contribution in [2.24, 2.45) is 0 Å². The van der Waals surface area contributed by atoms with E-state index in [2.05, 4.69) is 20.3 Å². The first kappa shape index (κ1) is 18.4. The van der Waals surface area contributed by atoms with Crippen LogP contribution in [-0.2, 0) is 13.0 Å². The standard InChI is InChI=1S/C20H20FN5O/c1-26(11-8-15-6-9-22-10-7-15)19-14-23-18(13-24-19)20(27)25-12-16-2-4-17(21)5-3-16/h2-7,9-10,13-14H,8,11-12H2,1H3,(H,25,27). The molecule has 6 nitrogen and oxygen atoms in total. The molecule has 0 saturated carbocycles. The van der Waals surface area contributed by atoms with E-state index in [1.165, 1.54) is 23.9 Å². The molecule has 0 atom stereocenters. The molecule has 0 unspecified atom stereocenters. The van der Waals surface area contributed by atoms with Crippen molar-refractivity contribution in [3.8, 4) is 0 Å². The Balaban J connectivity index is 1.52. The highest BCUT2D eigenvalue weighted by Crippen LogP contribution is 2.09. The maximum Gasteiger partial charge on any atom is 0.271 e. The second-order valence-electron chi connectivity index (χ2n) is 6.10. The number of nitrogens with one attached hydrogen (secondary N) is 1. The molecule has 7 heteroatoms. The Morgan fingerprint density at radius 3 is 2.44 bits per heavy atom. The van der Waals surface area contributed by atoms with Crippen LogP contribution in [0.3, 0.4) is 0 Å². The number of hydrogen-bond donors (Lipinski definition) is 1. The Morgan fingerprint density at radius 1 is 1.04 bits per heavy atom. The molecule has 0 radical (unpaired) electrons. The van der Waals surface area contributed by atoms with Gasteiger partial charge in [0.2, 0.25) is 0 Å². The maximum atomic E-state index is 12.9. The van der Waals surface area contributed by atoms with Gasteiger partial charge in [-0.15, -0.1) is 0 Å². The number of amides is 1. The van der Waals surface area contributed by atoms with Gasteiger partial charge in [0.05, 0.1) is 12.4 Å². The minimum atomic E-state index is -0.321. The summed E-state index contributed by atoms with van der Waals surface area (Å²) in [7, 11) is 1.93. The third-order valence-corrected chi connectivity index (χ3v) is 4.11. The van der Waals surface area contributed by atoms with Crippen LogP contribution in [0.4, 0.5) is 10.2 Å². The Hall–Kier alpha value is -3.35. The molecule has 0 aliphatic rings. The number of halogens is 1. The van der Waals surface area contributed by atoms with Crippen LogP contribution in [0.5, 0.6) is 0 Å². The third-order valence-electron chi connectivity index (χ3n) is 4.11. The topological polar surface area (TPSA) is 71.0 Å². The second kappa shape index (κ2) is 8.84. The van der Waals surface area contributed by atoms with Crippen molar-refractivity contribution < 1.29 is 9.18 Å². The lowest BCUT2D eigenvalue weighted by molar-refractivity contribution is 0.0945. The molecule has 0 spiro atoms. The average Bonchev–Trinajstić information content (AvgIpc) is 2.72. The van der Waals surface area contributed by atoms with Crippen molar-refractivity contribution in [1.29, 1.82) is 0 Å². The first-order valence-corrected chi connectivity index (χ1v) is 8.56. The fourth-order valence-electron chi connectivity index (χ4n) is 2.47. The van der Waals surface area contributed by atoms with Gasteiger partial charge in [0.25, 0.3) is 5.91 Å². The summed E-state index contributed by atoms with van der Waals surface area (Å²) in [6, 6.07) is 9.93. The maximum absolute atomic E-state index is 12.9. The van der Waals surface area contributed by atoms with Gasteiger partial charge >= 0.3 is 0 Å². The van der Waals surface area contributed by atoms with E-state index in [1.807, 2.05) is 24.1 Å². The second-order valence-corrected chi connectivity index (χ2v) is 6.10. The smallest absolute Gasteiger partial charge is 0.271 e. The van der Waals surface area contributed by atoms with Gasteiger partial charge in [0.15, 0.2) is 0 Å². The molecule has 1 N–H and O–H groups in total. The number of nitrogens with zero attached hydrogens (tertiary/aromatic N) is 4. The van der Waals surface area contributed by atoms with Gasteiger partial charge in [0, 0.05) is 32.5 Å². The number of rotatable bonds is 7. The zero-order valence-corrected chi connectivity index (χ0v) is 15.0. The quantitative estimate of drug-likeness (QED) is 0.697. The van der Waals surface area contributed by atoms with E-state index in [1.54, 1.807) is 30.7 Å². The molecule has 1 amide bonds. The monoisotopic (exact) mass is 365 g/mol. The zero-order chi connectivity index (χ0) is 19.1. The number of carbonyl (C=O) groups is 1. The first-order valence-electron chi connectivity index (χ1n) is 8.56. The van der Waals surface area contributed by atoms with Crippen molar-refractivity contribution in [2.45, 2.75) is 13.0 Å². The first-order chi connectivity index (χ1) is 13.1. The molecule has 2 heterocycles. The molecule has 0 bridgehead atoms.